The highest BCUT2D eigenvalue weighted by molar-refractivity contribution is 8.00. The molecule has 0 saturated heterocycles. The molecule has 0 aliphatic heterocycles. The van der Waals surface area contributed by atoms with Crippen molar-refractivity contribution in [2.75, 3.05) is 19.5 Å². The lowest BCUT2D eigenvalue weighted by atomic mass is 9.75. The van der Waals surface area contributed by atoms with Crippen molar-refractivity contribution in [3.8, 4) is 0 Å². The van der Waals surface area contributed by atoms with Crippen LogP contribution < -0.4 is 0 Å². The van der Waals surface area contributed by atoms with E-state index in [4.69, 9.17) is 4.74 Å². The fraction of sp³-hybridized carbons (Fsp3) is 0.923. The zero-order valence-corrected chi connectivity index (χ0v) is 11.9. The first-order chi connectivity index (χ1) is 7.96. The number of esters is 1. The minimum atomic E-state index is -0.315. The Morgan fingerprint density at radius 1 is 1.35 bits per heavy atom. The maximum Gasteiger partial charge on any atom is 0.312 e. The summed E-state index contributed by atoms with van der Waals surface area (Å²) in [5, 5.41) is 9.27. The number of hydrogen-bond donors (Lipinski definition) is 1. The Kier molecular flexibility index (Phi) is 5.32. The van der Waals surface area contributed by atoms with Crippen molar-refractivity contribution >= 4 is 17.7 Å². The maximum absolute atomic E-state index is 12.0. The number of hydrogen-bond acceptors (Lipinski definition) is 4. The highest BCUT2D eigenvalue weighted by Gasteiger charge is 2.41. The van der Waals surface area contributed by atoms with Gasteiger partial charge in [-0.2, -0.15) is 11.8 Å². The monoisotopic (exact) mass is 260 g/mol. The average Bonchev–Trinajstić information content (AvgIpc) is 2.36. The quantitative estimate of drug-likeness (QED) is 0.772. The number of aliphatic hydroxyl groups is 1. The summed E-state index contributed by atoms with van der Waals surface area (Å²) in [6.07, 6.45) is 5.28. The molecule has 1 aliphatic rings. The van der Waals surface area contributed by atoms with Gasteiger partial charge in [-0.15, -0.1) is 0 Å². The molecule has 0 atom stereocenters. The Morgan fingerprint density at radius 2 is 1.94 bits per heavy atom. The number of thioether (sulfide) groups is 1. The molecule has 0 spiro atoms. The summed E-state index contributed by atoms with van der Waals surface area (Å²) in [5.41, 5.74) is -0.315. The van der Waals surface area contributed by atoms with E-state index in [0.29, 0.717) is 0 Å². The van der Waals surface area contributed by atoms with Gasteiger partial charge in [0.25, 0.3) is 0 Å². The molecule has 0 radical (unpaired) electrons. The van der Waals surface area contributed by atoms with Crippen molar-refractivity contribution in [1.29, 1.82) is 0 Å². The van der Waals surface area contributed by atoms with E-state index >= 15 is 0 Å². The van der Waals surface area contributed by atoms with Crippen LogP contribution in [0.4, 0.5) is 0 Å². The van der Waals surface area contributed by atoms with Gasteiger partial charge in [-0.05, 0) is 26.7 Å². The van der Waals surface area contributed by atoms with Gasteiger partial charge in [0.1, 0.15) is 0 Å². The predicted octanol–water partition coefficient (Wildman–Crippen LogP) is 2.61. The molecular weight excluding hydrogens is 236 g/mol. The van der Waals surface area contributed by atoms with E-state index in [2.05, 4.69) is 0 Å². The number of ether oxygens (including phenoxy) is 1. The molecule has 0 aromatic rings. The summed E-state index contributed by atoms with van der Waals surface area (Å²) in [5.74, 6) is 0.686. The number of carbonyl (C=O) groups is 1. The zero-order valence-electron chi connectivity index (χ0n) is 11.1. The Bertz CT molecular complexity index is 257. The highest BCUT2D eigenvalue weighted by atomic mass is 32.2. The molecule has 0 heterocycles. The maximum atomic E-state index is 12.0. The van der Waals surface area contributed by atoms with Gasteiger partial charge < -0.3 is 9.84 Å². The molecule has 1 aliphatic carbocycles. The van der Waals surface area contributed by atoms with Crippen molar-refractivity contribution in [3.63, 3.8) is 0 Å². The second-order valence-electron chi connectivity index (χ2n) is 5.54. The standard InChI is InChI=1S/C13H24O3S/c1-12(2,9-14)17-10-13(11(15)16-3)7-5-4-6-8-13/h14H,4-10H2,1-3H3. The van der Waals surface area contributed by atoms with Crippen LogP contribution >= 0.6 is 11.8 Å². The van der Waals surface area contributed by atoms with Gasteiger partial charge in [0.05, 0.1) is 19.1 Å². The van der Waals surface area contributed by atoms with Gasteiger partial charge in [-0.25, -0.2) is 0 Å². The van der Waals surface area contributed by atoms with Crippen molar-refractivity contribution in [2.45, 2.75) is 50.7 Å². The van der Waals surface area contributed by atoms with Gasteiger partial charge >= 0.3 is 5.97 Å². The summed E-state index contributed by atoms with van der Waals surface area (Å²) in [7, 11) is 1.47. The summed E-state index contributed by atoms with van der Waals surface area (Å²) >= 11 is 1.68. The minimum absolute atomic E-state index is 0.0709. The topological polar surface area (TPSA) is 46.5 Å². The minimum Gasteiger partial charge on any atom is -0.469 e. The number of carbonyl (C=O) groups excluding carboxylic acids is 1. The number of aliphatic hydroxyl groups excluding tert-OH is 1. The Hall–Kier alpha value is -0.220. The van der Waals surface area contributed by atoms with Crippen LogP contribution in [-0.2, 0) is 9.53 Å². The van der Waals surface area contributed by atoms with E-state index in [1.165, 1.54) is 13.5 Å². The van der Waals surface area contributed by atoms with E-state index < -0.39 is 0 Å². The Morgan fingerprint density at radius 3 is 2.41 bits per heavy atom. The second-order valence-corrected chi connectivity index (χ2v) is 7.22. The Balaban J connectivity index is 2.67. The third-order valence-corrected chi connectivity index (χ3v) is 5.16. The smallest absolute Gasteiger partial charge is 0.312 e. The van der Waals surface area contributed by atoms with Gasteiger partial charge in [0.2, 0.25) is 0 Å². The lowest BCUT2D eigenvalue weighted by Crippen LogP contribution is -2.38. The van der Waals surface area contributed by atoms with Crippen LogP contribution in [0.3, 0.4) is 0 Å². The molecule has 1 fully saturated rings. The summed E-state index contributed by atoms with van der Waals surface area (Å²) in [4.78, 5) is 12.0. The third-order valence-electron chi connectivity index (χ3n) is 3.55. The SMILES string of the molecule is COC(=O)C1(CSC(C)(C)CO)CCCCC1. The fourth-order valence-electron chi connectivity index (χ4n) is 2.23. The van der Waals surface area contributed by atoms with Crippen molar-refractivity contribution in [3.05, 3.63) is 0 Å². The lowest BCUT2D eigenvalue weighted by molar-refractivity contribution is -0.153. The van der Waals surface area contributed by atoms with Crippen LogP contribution in [0.5, 0.6) is 0 Å². The van der Waals surface area contributed by atoms with Crippen molar-refractivity contribution in [2.24, 2.45) is 5.41 Å². The molecule has 0 amide bonds. The van der Waals surface area contributed by atoms with E-state index in [1.807, 2.05) is 13.8 Å². The number of rotatable bonds is 5. The second kappa shape index (κ2) is 6.10. The van der Waals surface area contributed by atoms with Gasteiger partial charge in [-0.1, -0.05) is 19.3 Å². The molecule has 3 nitrogen and oxygen atoms in total. The summed E-state index contributed by atoms with van der Waals surface area (Å²) in [6.45, 7) is 4.14. The molecule has 100 valence electrons. The first-order valence-corrected chi connectivity index (χ1v) is 7.28. The molecule has 1 rings (SSSR count). The predicted molar refractivity (Wildman–Crippen MR) is 71.2 cm³/mol. The molecule has 0 aromatic carbocycles. The molecule has 4 heteroatoms. The molecular formula is C13H24O3S. The molecule has 0 aromatic heterocycles. The van der Waals surface area contributed by atoms with Crippen LogP contribution in [-0.4, -0.2) is 35.3 Å². The third kappa shape index (κ3) is 3.88. The van der Waals surface area contributed by atoms with E-state index in [1.54, 1.807) is 11.8 Å². The molecule has 17 heavy (non-hydrogen) atoms. The molecule has 0 bridgehead atoms. The largest absolute Gasteiger partial charge is 0.469 e. The van der Waals surface area contributed by atoms with Crippen LogP contribution in [0, 0.1) is 5.41 Å². The van der Waals surface area contributed by atoms with E-state index in [9.17, 15) is 9.90 Å². The van der Waals surface area contributed by atoms with Crippen LogP contribution in [0.15, 0.2) is 0 Å². The molecule has 1 saturated carbocycles. The highest BCUT2D eigenvalue weighted by Crippen LogP contribution is 2.42. The lowest BCUT2D eigenvalue weighted by Gasteiger charge is -2.36. The van der Waals surface area contributed by atoms with Gasteiger partial charge in [0, 0.05) is 10.5 Å². The van der Waals surface area contributed by atoms with Crippen LogP contribution in [0.25, 0.3) is 0 Å². The average molecular weight is 260 g/mol. The van der Waals surface area contributed by atoms with Crippen LogP contribution in [0.2, 0.25) is 0 Å². The zero-order chi connectivity index (χ0) is 12.9. The fourth-order valence-corrected chi connectivity index (χ4v) is 3.40. The molecule has 0 unspecified atom stereocenters. The van der Waals surface area contributed by atoms with Gasteiger partial charge in [0.15, 0.2) is 0 Å². The first-order valence-electron chi connectivity index (χ1n) is 6.29. The van der Waals surface area contributed by atoms with Gasteiger partial charge in [-0.3, -0.25) is 4.79 Å². The Labute approximate surface area is 108 Å². The summed E-state index contributed by atoms with van der Waals surface area (Å²) in [6, 6.07) is 0. The normalized spacial score (nSPS) is 20.0. The number of methoxy groups -OCH3 is 1. The van der Waals surface area contributed by atoms with Crippen molar-refractivity contribution in [1.82, 2.24) is 0 Å². The first kappa shape index (κ1) is 14.8. The van der Waals surface area contributed by atoms with E-state index in [0.717, 1.165) is 31.4 Å². The van der Waals surface area contributed by atoms with Crippen molar-refractivity contribution < 1.29 is 14.6 Å². The van der Waals surface area contributed by atoms with E-state index in [-0.39, 0.29) is 22.7 Å². The summed E-state index contributed by atoms with van der Waals surface area (Å²) < 4.78 is 4.80. The van der Waals surface area contributed by atoms with Crippen LogP contribution in [0.1, 0.15) is 46.0 Å². The molecule has 1 N–H and O–H groups in total.